The van der Waals surface area contributed by atoms with Crippen LogP contribution in [0.2, 0.25) is 0 Å². The first-order chi connectivity index (χ1) is 9.72. The van der Waals surface area contributed by atoms with Gasteiger partial charge >= 0.3 is 0 Å². The Labute approximate surface area is 119 Å². The molecule has 20 heavy (non-hydrogen) atoms. The van der Waals surface area contributed by atoms with Crippen LogP contribution in [-0.2, 0) is 6.61 Å². The molecular formula is C17H17NO2. The second-order valence-corrected chi connectivity index (χ2v) is 4.48. The standard InChI is InChI=1S/C17H17NO2/c1-3-19-17-10-15(11-18)8-9-16(17)20-12-14-6-4-13(2)5-7-14/h4-10H,3,12H2,1-2H3. The summed E-state index contributed by atoms with van der Waals surface area (Å²) in [7, 11) is 0. The van der Waals surface area contributed by atoms with Gasteiger partial charge in [-0.1, -0.05) is 29.8 Å². The maximum absolute atomic E-state index is 8.91. The highest BCUT2D eigenvalue weighted by atomic mass is 16.5. The summed E-state index contributed by atoms with van der Waals surface area (Å²) in [6, 6.07) is 15.5. The van der Waals surface area contributed by atoms with Crippen molar-refractivity contribution in [2.45, 2.75) is 20.5 Å². The van der Waals surface area contributed by atoms with Gasteiger partial charge in [-0.15, -0.1) is 0 Å². The van der Waals surface area contributed by atoms with E-state index in [1.54, 1.807) is 18.2 Å². The van der Waals surface area contributed by atoms with Gasteiger partial charge in [0.05, 0.1) is 18.2 Å². The molecule has 0 fully saturated rings. The molecule has 2 rings (SSSR count). The molecule has 102 valence electrons. The smallest absolute Gasteiger partial charge is 0.162 e. The summed E-state index contributed by atoms with van der Waals surface area (Å²) in [6.07, 6.45) is 0. The fourth-order valence-corrected chi connectivity index (χ4v) is 1.81. The summed E-state index contributed by atoms with van der Waals surface area (Å²) in [5.74, 6) is 1.27. The Hall–Kier alpha value is -2.47. The van der Waals surface area contributed by atoms with E-state index in [1.807, 2.05) is 19.1 Å². The summed E-state index contributed by atoms with van der Waals surface area (Å²) in [5, 5.41) is 8.91. The molecule has 0 aliphatic carbocycles. The quantitative estimate of drug-likeness (QED) is 0.826. The number of rotatable bonds is 5. The van der Waals surface area contributed by atoms with Gasteiger partial charge in [0.25, 0.3) is 0 Å². The van der Waals surface area contributed by atoms with Crippen molar-refractivity contribution in [3.63, 3.8) is 0 Å². The molecule has 0 saturated carbocycles. The highest BCUT2D eigenvalue weighted by Gasteiger charge is 2.06. The maximum atomic E-state index is 8.91. The average molecular weight is 267 g/mol. The zero-order valence-electron chi connectivity index (χ0n) is 11.7. The monoisotopic (exact) mass is 267 g/mol. The third-order valence-corrected chi connectivity index (χ3v) is 2.89. The van der Waals surface area contributed by atoms with E-state index in [4.69, 9.17) is 14.7 Å². The van der Waals surface area contributed by atoms with Crippen molar-refractivity contribution >= 4 is 0 Å². The van der Waals surface area contributed by atoms with Crippen molar-refractivity contribution in [1.82, 2.24) is 0 Å². The minimum atomic E-state index is 0.478. The molecule has 0 N–H and O–H groups in total. The molecule has 3 nitrogen and oxygen atoms in total. The first-order valence-electron chi connectivity index (χ1n) is 6.58. The summed E-state index contributed by atoms with van der Waals surface area (Å²) in [6.45, 7) is 4.98. The van der Waals surface area contributed by atoms with E-state index in [9.17, 15) is 0 Å². The number of ether oxygens (including phenoxy) is 2. The van der Waals surface area contributed by atoms with Crippen LogP contribution < -0.4 is 9.47 Å². The van der Waals surface area contributed by atoms with Crippen molar-refractivity contribution in [3.05, 3.63) is 59.2 Å². The predicted octanol–water partition coefficient (Wildman–Crippen LogP) is 3.84. The van der Waals surface area contributed by atoms with Gasteiger partial charge in [0.1, 0.15) is 6.61 Å². The van der Waals surface area contributed by atoms with Gasteiger partial charge < -0.3 is 9.47 Å². The number of hydrogen-bond acceptors (Lipinski definition) is 3. The molecule has 0 bridgehead atoms. The Bertz CT molecular complexity index is 612. The molecule has 3 heteroatoms. The van der Waals surface area contributed by atoms with E-state index in [0.717, 1.165) is 5.56 Å². The lowest BCUT2D eigenvalue weighted by atomic mass is 10.2. The molecular weight excluding hydrogens is 250 g/mol. The van der Waals surface area contributed by atoms with Gasteiger partial charge in [0.2, 0.25) is 0 Å². The van der Waals surface area contributed by atoms with Gasteiger partial charge in [-0.25, -0.2) is 0 Å². The number of aryl methyl sites for hydroxylation is 1. The Morgan fingerprint density at radius 2 is 1.75 bits per heavy atom. The molecule has 0 radical (unpaired) electrons. The largest absolute Gasteiger partial charge is 0.490 e. The lowest BCUT2D eigenvalue weighted by Crippen LogP contribution is -2.00. The van der Waals surface area contributed by atoms with Gasteiger partial charge in [-0.05, 0) is 31.5 Å². The van der Waals surface area contributed by atoms with E-state index in [0.29, 0.717) is 30.3 Å². The van der Waals surface area contributed by atoms with E-state index in [2.05, 4.69) is 25.1 Å². The van der Waals surface area contributed by atoms with Crippen LogP contribution in [0.15, 0.2) is 42.5 Å². The van der Waals surface area contributed by atoms with Crippen LogP contribution in [0.4, 0.5) is 0 Å². The minimum absolute atomic E-state index is 0.478. The Morgan fingerprint density at radius 1 is 1.00 bits per heavy atom. The van der Waals surface area contributed by atoms with Crippen LogP contribution in [-0.4, -0.2) is 6.61 Å². The minimum Gasteiger partial charge on any atom is -0.490 e. The molecule has 0 unspecified atom stereocenters. The first kappa shape index (κ1) is 14.0. The number of hydrogen-bond donors (Lipinski definition) is 0. The van der Waals surface area contributed by atoms with Crippen LogP contribution in [0.25, 0.3) is 0 Å². The maximum Gasteiger partial charge on any atom is 0.162 e. The van der Waals surface area contributed by atoms with Crippen LogP contribution in [0.1, 0.15) is 23.6 Å². The molecule has 0 aromatic heterocycles. The lowest BCUT2D eigenvalue weighted by Gasteiger charge is -2.12. The van der Waals surface area contributed by atoms with E-state index >= 15 is 0 Å². The topological polar surface area (TPSA) is 42.2 Å². The summed E-state index contributed by atoms with van der Waals surface area (Å²) in [4.78, 5) is 0. The van der Waals surface area contributed by atoms with Gasteiger partial charge in [-0.2, -0.15) is 5.26 Å². The Kier molecular flexibility index (Phi) is 4.62. The van der Waals surface area contributed by atoms with Gasteiger partial charge in [0.15, 0.2) is 11.5 Å². The van der Waals surface area contributed by atoms with E-state index < -0.39 is 0 Å². The summed E-state index contributed by atoms with van der Waals surface area (Å²) < 4.78 is 11.3. The Morgan fingerprint density at radius 3 is 2.40 bits per heavy atom. The highest BCUT2D eigenvalue weighted by molar-refractivity contribution is 5.46. The third kappa shape index (κ3) is 3.52. The van der Waals surface area contributed by atoms with E-state index in [-0.39, 0.29) is 0 Å². The first-order valence-corrected chi connectivity index (χ1v) is 6.58. The van der Waals surface area contributed by atoms with Crippen LogP contribution in [0.3, 0.4) is 0 Å². The predicted molar refractivity (Wildman–Crippen MR) is 77.8 cm³/mol. The molecule has 0 aliphatic heterocycles. The number of benzene rings is 2. The lowest BCUT2D eigenvalue weighted by molar-refractivity contribution is 0.269. The zero-order valence-corrected chi connectivity index (χ0v) is 11.7. The second kappa shape index (κ2) is 6.63. The molecule has 2 aromatic carbocycles. The van der Waals surface area contributed by atoms with Crippen molar-refractivity contribution in [3.8, 4) is 17.6 Å². The van der Waals surface area contributed by atoms with Crippen LogP contribution >= 0.6 is 0 Å². The van der Waals surface area contributed by atoms with Gasteiger partial charge in [-0.3, -0.25) is 0 Å². The van der Waals surface area contributed by atoms with Crippen molar-refractivity contribution in [2.75, 3.05) is 6.61 Å². The molecule has 2 aromatic rings. The zero-order chi connectivity index (χ0) is 14.4. The van der Waals surface area contributed by atoms with Gasteiger partial charge in [0, 0.05) is 6.07 Å². The normalized spacial score (nSPS) is 9.85. The molecule has 0 heterocycles. The fraction of sp³-hybridized carbons (Fsp3) is 0.235. The summed E-state index contributed by atoms with van der Waals surface area (Å²) >= 11 is 0. The number of nitrogens with zero attached hydrogens (tertiary/aromatic N) is 1. The average Bonchev–Trinajstić information content (AvgIpc) is 2.48. The molecule has 0 spiro atoms. The fourth-order valence-electron chi connectivity index (χ4n) is 1.81. The van der Waals surface area contributed by atoms with Crippen molar-refractivity contribution < 1.29 is 9.47 Å². The highest BCUT2D eigenvalue weighted by Crippen LogP contribution is 2.29. The van der Waals surface area contributed by atoms with Crippen molar-refractivity contribution in [1.29, 1.82) is 5.26 Å². The Balaban J connectivity index is 2.12. The third-order valence-electron chi connectivity index (χ3n) is 2.89. The molecule has 0 saturated heterocycles. The van der Waals surface area contributed by atoms with Crippen molar-refractivity contribution in [2.24, 2.45) is 0 Å². The van der Waals surface area contributed by atoms with E-state index in [1.165, 1.54) is 5.56 Å². The van der Waals surface area contributed by atoms with Crippen LogP contribution in [0.5, 0.6) is 11.5 Å². The summed E-state index contributed by atoms with van der Waals surface area (Å²) in [5.41, 5.74) is 2.89. The molecule has 0 amide bonds. The molecule has 0 atom stereocenters. The second-order valence-electron chi connectivity index (χ2n) is 4.48. The SMILES string of the molecule is CCOc1cc(C#N)ccc1OCc1ccc(C)cc1. The number of nitriles is 1. The molecule has 0 aliphatic rings. The van der Waals surface area contributed by atoms with Crippen LogP contribution in [0, 0.1) is 18.3 Å².